The number of carbonyl (C=O) groups excluding carboxylic acids is 2. The first-order valence-corrected chi connectivity index (χ1v) is 8.79. The maximum Gasteiger partial charge on any atom is 0.242 e. The lowest BCUT2D eigenvalue weighted by Crippen LogP contribution is -2.46. The van der Waals surface area contributed by atoms with Gasteiger partial charge < -0.3 is 4.90 Å². The number of likely N-dealkylation sites (N-methyl/N-ethyl adjacent to an activating group) is 1. The monoisotopic (exact) mass is 353 g/mol. The highest BCUT2D eigenvalue weighted by Gasteiger charge is 2.17. The number of carbonyl (C=O) groups is 2. The molecule has 0 heterocycles. The fraction of sp³-hybridized carbons (Fsp3) is 0.333. The van der Waals surface area contributed by atoms with E-state index in [0.29, 0.717) is 12.5 Å². The molecule has 0 saturated heterocycles. The third-order valence-electron chi connectivity index (χ3n) is 4.18. The van der Waals surface area contributed by atoms with Gasteiger partial charge in [-0.3, -0.25) is 15.0 Å². The molecular formula is C21H27N3O2. The standard InChI is InChI=1S/C21H27N3O2/c1-16(2)19-10-12-20(13-11-19)23(4)21(26)15-24(22-17(3)25)14-18-8-6-5-7-9-18/h5-13,16H,14-15H2,1-4H3,(H,22,25). The second-order valence-electron chi connectivity index (χ2n) is 6.71. The zero-order chi connectivity index (χ0) is 19.1. The highest BCUT2D eigenvalue weighted by molar-refractivity contribution is 5.94. The lowest BCUT2D eigenvalue weighted by molar-refractivity contribution is -0.126. The molecule has 0 bridgehead atoms. The van der Waals surface area contributed by atoms with Crippen molar-refractivity contribution in [1.29, 1.82) is 0 Å². The van der Waals surface area contributed by atoms with Crippen molar-refractivity contribution in [1.82, 2.24) is 10.4 Å². The fourth-order valence-corrected chi connectivity index (χ4v) is 2.66. The number of rotatable bonds is 7. The predicted molar refractivity (Wildman–Crippen MR) is 105 cm³/mol. The molecule has 0 fully saturated rings. The molecule has 0 saturated carbocycles. The first-order valence-electron chi connectivity index (χ1n) is 8.79. The van der Waals surface area contributed by atoms with E-state index in [-0.39, 0.29) is 18.4 Å². The second kappa shape index (κ2) is 9.15. The Labute approximate surface area is 155 Å². The number of nitrogens with one attached hydrogen (secondary N) is 1. The molecule has 0 aliphatic carbocycles. The van der Waals surface area contributed by atoms with E-state index in [0.717, 1.165) is 11.3 Å². The number of hydrogen-bond acceptors (Lipinski definition) is 3. The summed E-state index contributed by atoms with van der Waals surface area (Å²) in [5.41, 5.74) is 5.83. The van der Waals surface area contributed by atoms with Gasteiger partial charge in [0.15, 0.2) is 0 Å². The first-order chi connectivity index (χ1) is 12.4. The van der Waals surface area contributed by atoms with E-state index < -0.39 is 0 Å². The van der Waals surface area contributed by atoms with Gasteiger partial charge in [-0.05, 0) is 29.2 Å². The van der Waals surface area contributed by atoms with Gasteiger partial charge in [0.25, 0.3) is 0 Å². The smallest absolute Gasteiger partial charge is 0.242 e. The molecule has 0 radical (unpaired) electrons. The van der Waals surface area contributed by atoms with Crippen LogP contribution in [0.5, 0.6) is 0 Å². The maximum atomic E-state index is 12.7. The summed E-state index contributed by atoms with van der Waals surface area (Å²) in [4.78, 5) is 25.8. The molecule has 5 nitrogen and oxygen atoms in total. The van der Waals surface area contributed by atoms with Crippen molar-refractivity contribution in [2.45, 2.75) is 33.2 Å². The number of hydrogen-bond donors (Lipinski definition) is 1. The molecule has 0 aliphatic heterocycles. The number of anilines is 1. The first kappa shape index (κ1) is 19.7. The van der Waals surface area contributed by atoms with Crippen molar-refractivity contribution in [2.75, 3.05) is 18.5 Å². The lowest BCUT2D eigenvalue weighted by Gasteiger charge is -2.25. The molecule has 0 aromatic heterocycles. The minimum atomic E-state index is -0.197. The van der Waals surface area contributed by atoms with Crippen LogP contribution in [0.1, 0.15) is 37.8 Å². The fourth-order valence-electron chi connectivity index (χ4n) is 2.66. The van der Waals surface area contributed by atoms with Crippen LogP contribution in [0, 0.1) is 0 Å². The van der Waals surface area contributed by atoms with Gasteiger partial charge in [0.05, 0.1) is 6.54 Å². The molecule has 1 N–H and O–H groups in total. The van der Waals surface area contributed by atoms with Crippen molar-refractivity contribution >= 4 is 17.5 Å². The van der Waals surface area contributed by atoms with Gasteiger partial charge in [-0.25, -0.2) is 5.01 Å². The van der Waals surface area contributed by atoms with Crippen LogP contribution in [0.2, 0.25) is 0 Å². The van der Waals surface area contributed by atoms with E-state index >= 15 is 0 Å². The zero-order valence-corrected chi connectivity index (χ0v) is 15.9. The molecule has 2 aromatic rings. The number of nitrogens with zero attached hydrogens (tertiary/aromatic N) is 2. The molecule has 138 valence electrons. The Morgan fingerprint density at radius 3 is 2.15 bits per heavy atom. The Balaban J connectivity index is 2.06. The number of benzene rings is 2. The molecule has 2 aromatic carbocycles. The summed E-state index contributed by atoms with van der Waals surface area (Å²) in [6.45, 7) is 6.28. The molecule has 0 spiro atoms. The molecule has 26 heavy (non-hydrogen) atoms. The summed E-state index contributed by atoms with van der Waals surface area (Å²) < 4.78 is 0. The van der Waals surface area contributed by atoms with Crippen molar-refractivity contribution in [3.8, 4) is 0 Å². The van der Waals surface area contributed by atoms with Crippen LogP contribution in [0.3, 0.4) is 0 Å². The van der Waals surface area contributed by atoms with Crippen molar-refractivity contribution in [2.24, 2.45) is 0 Å². The van der Waals surface area contributed by atoms with E-state index in [2.05, 4.69) is 19.3 Å². The van der Waals surface area contributed by atoms with Gasteiger partial charge >= 0.3 is 0 Å². The van der Waals surface area contributed by atoms with Crippen molar-refractivity contribution < 1.29 is 9.59 Å². The third-order valence-corrected chi connectivity index (χ3v) is 4.18. The average molecular weight is 353 g/mol. The van der Waals surface area contributed by atoms with Gasteiger partial charge in [0.1, 0.15) is 0 Å². The van der Waals surface area contributed by atoms with Crippen LogP contribution in [-0.4, -0.2) is 30.4 Å². The van der Waals surface area contributed by atoms with Crippen LogP contribution in [0.25, 0.3) is 0 Å². The molecule has 2 rings (SSSR count). The zero-order valence-electron chi connectivity index (χ0n) is 15.9. The quantitative estimate of drug-likeness (QED) is 0.777. The molecule has 0 unspecified atom stereocenters. The van der Waals surface area contributed by atoms with Gasteiger partial charge in [-0.1, -0.05) is 56.3 Å². The molecule has 2 amide bonds. The van der Waals surface area contributed by atoms with Gasteiger partial charge in [-0.2, -0.15) is 0 Å². The van der Waals surface area contributed by atoms with E-state index in [1.165, 1.54) is 12.5 Å². The number of amides is 2. The lowest BCUT2D eigenvalue weighted by atomic mass is 10.0. The average Bonchev–Trinajstić information content (AvgIpc) is 2.61. The Morgan fingerprint density at radius 1 is 1.00 bits per heavy atom. The summed E-state index contributed by atoms with van der Waals surface area (Å²) in [6, 6.07) is 17.7. The van der Waals surface area contributed by atoms with Crippen LogP contribution in [0.15, 0.2) is 54.6 Å². The molecule has 0 atom stereocenters. The summed E-state index contributed by atoms with van der Waals surface area (Å²) in [7, 11) is 1.75. The van der Waals surface area contributed by atoms with Crippen molar-refractivity contribution in [3.05, 3.63) is 65.7 Å². The molecule has 5 heteroatoms. The van der Waals surface area contributed by atoms with Gasteiger partial charge in [0, 0.05) is 26.2 Å². The van der Waals surface area contributed by atoms with E-state index in [4.69, 9.17) is 0 Å². The van der Waals surface area contributed by atoms with E-state index in [9.17, 15) is 9.59 Å². The molecular weight excluding hydrogens is 326 g/mol. The highest BCUT2D eigenvalue weighted by atomic mass is 16.2. The predicted octanol–water partition coefficient (Wildman–Crippen LogP) is 3.33. The second-order valence-corrected chi connectivity index (χ2v) is 6.71. The Morgan fingerprint density at radius 2 is 1.62 bits per heavy atom. The normalized spacial score (nSPS) is 10.8. The number of hydrazine groups is 1. The topological polar surface area (TPSA) is 52.7 Å². The van der Waals surface area contributed by atoms with E-state index in [1.807, 2.05) is 54.6 Å². The summed E-state index contributed by atoms with van der Waals surface area (Å²) in [5, 5.41) is 1.64. The Bertz CT molecular complexity index is 727. The maximum absolute atomic E-state index is 12.7. The Hall–Kier alpha value is -2.66. The minimum absolute atomic E-state index is 0.0908. The van der Waals surface area contributed by atoms with Gasteiger partial charge in [0.2, 0.25) is 11.8 Å². The van der Waals surface area contributed by atoms with E-state index in [1.54, 1.807) is 17.0 Å². The largest absolute Gasteiger partial charge is 0.314 e. The van der Waals surface area contributed by atoms with Crippen LogP contribution in [-0.2, 0) is 16.1 Å². The molecule has 0 aliphatic rings. The Kier molecular flexibility index (Phi) is 6.92. The van der Waals surface area contributed by atoms with Crippen LogP contribution >= 0.6 is 0 Å². The highest BCUT2D eigenvalue weighted by Crippen LogP contribution is 2.19. The van der Waals surface area contributed by atoms with Crippen LogP contribution in [0.4, 0.5) is 5.69 Å². The summed E-state index contributed by atoms with van der Waals surface area (Å²) in [6.07, 6.45) is 0. The minimum Gasteiger partial charge on any atom is -0.314 e. The van der Waals surface area contributed by atoms with Crippen LogP contribution < -0.4 is 10.3 Å². The summed E-state index contributed by atoms with van der Waals surface area (Å²) in [5.74, 6) is 0.163. The summed E-state index contributed by atoms with van der Waals surface area (Å²) >= 11 is 0. The van der Waals surface area contributed by atoms with Crippen molar-refractivity contribution in [3.63, 3.8) is 0 Å². The van der Waals surface area contributed by atoms with Gasteiger partial charge in [-0.15, -0.1) is 0 Å². The SMILES string of the molecule is CC(=O)NN(CC(=O)N(C)c1ccc(C(C)C)cc1)Cc1ccccc1. The third kappa shape index (κ3) is 5.70.